The van der Waals surface area contributed by atoms with Crippen LogP contribution in [0.2, 0.25) is 10.0 Å². The van der Waals surface area contributed by atoms with Gasteiger partial charge in [0.15, 0.2) is 0 Å². The average molecular weight is 401 g/mol. The van der Waals surface area contributed by atoms with Crippen molar-refractivity contribution in [2.24, 2.45) is 0 Å². The highest BCUT2D eigenvalue weighted by atomic mass is 35.5. The Hall–Kier alpha value is -2.90. The van der Waals surface area contributed by atoms with Crippen LogP contribution in [0.5, 0.6) is 0 Å². The minimum atomic E-state index is -0.246. The number of fused-ring (bicyclic) bond motifs is 1. The number of pyridine rings is 1. The van der Waals surface area contributed by atoms with Crippen molar-refractivity contribution in [3.8, 4) is 5.69 Å². The van der Waals surface area contributed by atoms with Crippen LogP contribution in [-0.2, 0) is 0 Å². The van der Waals surface area contributed by atoms with Crippen LogP contribution in [0, 0.1) is 13.8 Å². The minimum Gasteiger partial charge on any atom is -0.325 e. The summed E-state index contributed by atoms with van der Waals surface area (Å²) in [5, 5.41) is 7.24. The Morgan fingerprint density at radius 2 is 1.85 bits per heavy atom. The van der Waals surface area contributed by atoms with Crippen molar-refractivity contribution >= 4 is 45.7 Å². The fourth-order valence-corrected chi connectivity index (χ4v) is 3.13. The summed E-state index contributed by atoms with van der Waals surface area (Å²) in [6, 6.07) is 8.72. The maximum Gasteiger partial charge on any atom is 0.273 e. The van der Waals surface area contributed by atoms with Gasteiger partial charge in [-0.3, -0.25) is 14.6 Å². The molecular weight excluding hydrogens is 387 g/mol. The molecule has 0 spiro atoms. The summed E-state index contributed by atoms with van der Waals surface area (Å²) in [5.74, 6) is 1.84. The van der Waals surface area contributed by atoms with E-state index >= 15 is 0 Å². The highest BCUT2D eigenvalue weighted by Crippen LogP contribution is 2.26. The molecule has 0 atom stereocenters. The summed E-state index contributed by atoms with van der Waals surface area (Å²) in [6.07, 6.45) is 1.52. The zero-order chi connectivity index (χ0) is 19.1. The molecule has 0 aliphatic rings. The van der Waals surface area contributed by atoms with Crippen molar-refractivity contribution in [2.75, 3.05) is 5.32 Å². The first-order valence-electron chi connectivity index (χ1n) is 8.06. The van der Waals surface area contributed by atoms with Crippen LogP contribution < -0.4 is 10.9 Å². The smallest absolute Gasteiger partial charge is 0.273 e. The summed E-state index contributed by atoms with van der Waals surface area (Å²) in [7, 11) is 0. The van der Waals surface area contributed by atoms with Crippen molar-refractivity contribution in [2.45, 2.75) is 13.8 Å². The Bertz CT molecular complexity index is 1210. The molecule has 0 fully saturated rings. The Morgan fingerprint density at radius 3 is 2.59 bits per heavy atom. The lowest BCUT2D eigenvalue weighted by Crippen LogP contribution is -2.03. The van der Waals surface area contributed by atoms with E-state index in [1.807, 2.05) is 19.9 Å². The van der Waals surface area contributed by atoms with E-state index in [0.29, 0.717) is 44.1 Å². The van der Waals surface area contributed by atoms with Crippen molar-refractivity contribution < 1.29 is 0 Å². The predicted octanol–water partition coefficient (Wildman–Crippen LogP) is 4.17. The molecule has 0 aliphatic heterocycles. The molecule has 2 N–H and O–H groups in total. The van der Waals surface area contributed by atoms with Gasteiger partial charge in [-0.05, 0) is 32.0 Å². The molecule has 0 unspecified atom stereocenters. The van der Waals surface area contributed by atoms with Crippen LogP contribution in [0.3, 0.4) is 0 Å². The van der Waals surface area contributed by atoms with Crippen molar-refractivity contribution in [1.29, 1.82) is 0 Å². The van der Waals surface area contributed by atoms with Crippen molar-refractivity contribution in [3.05, 3.63) is 68.4 Å². The highest BCUT2D eigenvalue weighted by molar-refractivity contribution is 6.42. The van der Waals surface area contributed by atoms with Gasteiger partial charge in [0, 0.05) is 24.0 Å². The number of aryl methyl sites for hydroxylation is 2. The Kier molecular flexibility index (Phi) is 4.33. The van der Waals surface area contributed by atoms with E-state index < -0.39 is 0 Å². The number of benzene rings is 1. The van der Waals surface area contributed by atoms with Crippen LogP contribution in [0.25, 0.3) is 16.6 Å². The molecule has 27 heavy (non-hydrogen) atoms. The van der Waals surface area contributed by atoms with Gasteiger partial charge in [-0.2, -0.15) is 0 Å². The number of hydrogen-bond donors (Lipinski definition) is 2. The van der Waals surface area contributed by atoms with Gasteiger partial charge in [0.05, 0.1) is 26.6 Å². The predicted molar refractivity (Wildman–Crippen MR) is 106 cm³/mol. The first kappa shape index (κ1) is 17.5. The molecule has 0 bridgehead atoms. The molecule has 0 saturated carbocycles. The fraction of sp³-hybridized carbons (Fsp3) is 0.111. The number of aromatic nitrogens is 5. The Labute approximate surface area is 164 Å². The SMILES string of the molecule is Cc1cc(Nc2cc3c(cn2)c(=O)[nH]n3-c2ccc(Cl)c(Cl)c2)nc(C)n1. The van der Waals surface area contributed by atoms with E-state index in [1.165, 1.54) is 6.20 Å². The molecule has 7 nitrogen and oxygen atoms in total. The second kappa shape index (κ2) is 6.68. The lowest BCUT2D eigenvalue weighted by molar-refractivity contribution is 0.891. The fourth-order valence-electron chi connectivity index (χ4n) is 2.84. The molecule has 4 rings (SSSR count). The highest BCUT2D eigenvalue weighted by Gasteiger charge is 2.12. The summed E-state index contributed by atoms with van der Waals surface area (Å²) < 4.78 is 1.64. The first-order chi connectivity index (χ1) is 12.9. The van der Waals surface area contributed by atoms with E-state index in [4.69, 9.17) is 23.2 Å². The molecule has 3 aromatic heterocycles. The van der Waals surface area contributed by atoms with Gasteiger partial charge in [-0.15, -0.1) is 0 Å². The summed E-state index contributed by atoms with van der Waals surface area (Å²) in [4.78, 5) is 25.2. The first-order valence-corrected chi connectivity index (χ1v) is 8.82. The molecule has 9 heteroatoms. The van der Waals surface area contributed by atoms with Crippen LogP contribution in [0.1, 0.15) is 11.5 Å². The number of aromatic amines is 1. The van der Waals surface area contributed by atoms with Crippen LogP contribution in [-0.4, -0.2) is 24.7 Å². The van der Waals surface area contributed by atoms with Gasteiger partial charge in [-0.1, -0.05) is 23.2 Å². The molecular formula is C18H14Cl2N6O. The number of rotatable bonds is 3. The maximum absolute atomic E-state index is 12.3. The number of nitrogens with zero attached hydrogens (tertiary/aromatic N) is 4. The van der Waals surface area contributed by atoms with Crippen molar-refractivity contribution in [3.63, 3.8) is 0 Å². The van der Waals surface area contributed by atoms with Crippen molar-refractivity contribution in [1.82, 2.24) is 24.7 Å². The summed E-state index contributed by atoms with van der Waals surface area (Å²) >= 11 is 12.1. The van der Waals surface area contributed by atoms with E-state index in [0.717, 1.165) is 5.69 Å². The average Bonchev–Trinajstić information content (AvgIpc) is 2.93. The van der Waals surface area contributed by atoms with Gasteiger partial charge in [0.1, 0.15) is 17.5 Å². The Morgan fingerprint density at radius 1 is 1.04 bits per heavy atom. The monoisotopic (exact) mass is 400 g/mol. The molecule has 3 heterocycles. The maximum atomic E-state index is 12.3. The van der Waals surface area contributed by atoms with Gasteiger partial charge >= 0.3 is 0 Å². The number of H-pyrrole nitrogens is 1. The second-order valence-electron chi connectivity index (χ2n) is 6.03. The lowest BCUT2D eigenvalue weighted by atomic mass is 10.3. The third-order valence-corrected chi connectivity index (χ3v) is 4.70. The number of nitrogens with one attached hydrogen (secondary N) is 2. The molecule has 0 aliphatic carbocycles. The van der Waals surface area contributed by atoms with Gasteiger partial charge in [-0.25, -0.2) is 15.0 Å². The van der Waals surface area contributed by atoms with E-state index in [9.17, 15) is 4.79 Å². The molecule has 136 valence electrons. The quantitative estimate of drug-likeness (QED) is 0.538. The van der Waals surface area contributed by atoms with E-state index in [1.54, 1.807) is 28.9 Å². The zero-order valence-electron chi connectivity index (χ0n) is 14.4. The van der Waals surface area contributed by atoms with Crippen LogP contribution in [0.4, 0.5) is 11.6 Å². The topological polar surface area (TPSA) is 88.5 Å². The number of anilines is 2. The number of halogens is 2. The normalized spacial score (nSPS) is 11.1. The largest absolute Gasteiger partial charge is 0.325 e. The molecule has 0 radical (unpaired) electrons. The van der Waals surface area contributed by atoms with E-state index in [2.05, 4.69) is 25.4 Å². The molecule has 0 saturated heterocycles. The third kappa shape index (κ3) is 3.39. The molecule has 4 aromatic rings. The minimum absolute atomic E-state index is 0.246. The standard InChI is InChI=1S/C18H14Cl2N6O/c1-9-5-17(23-10(2)22-9)24-16-7-15-12(8-21-16)18(27)25-26(15)11-3-4-13(19)14(20)6-11/h3-8H,1-2H3,(H,25,27)(H,21,22,23,24). The lowest BCUT2D eigenvalue weighted by Gasteiger charge is -2.09. The molecule has 1 aromatic carbocycles. The van der Waals surface area contributed by atoms with Gasteiger partial charge < -0.3 is 5.32 Å². The van der Waals surface area contributed by atoms with Crippen LogP contribution in [0.15, 0.2) is 41.3 Å². The Balaban J connectivity index is 1.81. The summed E-state index contributed by atoms with van der Waals surface area (Å²) in [6.45, 7) is 3.72. The van der Waals surface area contributed by atoms with Gasteiger partial charge in [0.25, 0.3) is 5.56 Å². The second-order valence-corrected chi connectivity index (χ2v) is 6.84. The number of hydrogen-bond acceptors (Lipinski definition) is 5. The molecule has 0 amide bonds. The van der Waals surface area contributed by atoms with Crippen LogP contribution >= 0.6 is 23.2 Å². The third-order valence-electron chi connectivity index (χ3n) is 3.96. The summed E-state index contributed by atoms with van der Waals surface area (Å²) in [5.41, 5.74) is 1.94. The van der Waals surface area contributed by atoms with Gasteiger partial charge in [0.2, 0.25) is 0 Å². The van der Waals surface area contributed by atoms with E-state index in [-0.39, 0.29) is 5.56 Å². The zero-order valence-corrected chi connectivity index (χ0v) is 15.9.